The third-order valence-corrected chi connectivity index (χ3v) is 6.51. The Hall–Kier alpha value is -1.67. The van der Waals surface area contributed by atoms with Crippen molar-refractivity contribution in [2.75, 3.05) is 30.3 Å². The molecule has 0 saturated carbocycles. The second kappa shape index (κ2) is 8.14. The Labute approximate surface area is 155 Å². The van der Waals surface area contributed by atoms with Gasteiger partial charge in [0.25, 0.3) is 5.91 Å². The molecule has 0 radical (unpaired) electrons. The van der Waals surface area contributed by atoms with Crippen LogP contribution in [0.1, 0.15) is 12.8 Å². The molecule has 0 aromatic heterocycles. The zero-order chi connectivity index (χ0) is 17.7. The Kier molecular flexibility index (Phi) is 5.90. The van der Waals surface area contributed by atoms with Crippen LogP contribution in [0.3, 0.4) is 0 Å². The van der Waals surface area contributed by atoms with Crippen molar-refractivity contribution in [1.82, 2.24) is 15.5 Å². The highest BCUT2D eigenvalue weighted by molar-refractivity contribution is 7.99. The van der Waals surface area contributed by atoms with E-state index in [-0.39, 0.29) is 18.4 Å². The number of nitrogens with one attached hydrogen (secondary N) is 2. The van der Waals surface area contributed by atoms with Gasteiger partial charge in [-0.2, -0.15) is 11.8 Å². The fraction of sp³-hybridized carbons (Fsp3) is 0.471. The Morgan fingerprint density at radius 2 is 2.12 bits per heavy atom. The molecule has 2 saturated heterocycles. The maximum absolute atomic E-state index is 12.5. The first-order chi connectivity index (χ1) is 12.1. The molecular formula is C17H21N3O3S2. The third-order valence-electron chi connectivity index (χ3n) is 4.22. The first-order valence-electron chi connectivity index (χ1n) is 8.27. The van der Waals surface area contributed by atoms with Crippen molar-refractivity contribution in [2.24, 2.45) is 0 Å². The Morgan fingerprint density at radius 3 is 2.84 bits per heavy atom. The number of imide groups is 1. The van der Waals surface area contributed by atoms with Gasteiger partial charge >= 0.3 is 6.03 Å². The summed E-state index contributed by atoms with van der Waals surface area (Å²) in [6, 6.07) is 9.63. The molecule has 1 aromatic carbocycles. The van der Waals surface area contributed by atoms with E-state index >= 15 is 0 Å². The Balaban J connectivity index is 1.38. The molecule has 0 bridgehead atoms. The minimum absolute atomic E-state index is 0.205. The number of urea groups is 1. The Morgan fingerprint density at radius 1 is 1.32 bits per heavy atom. The number of thioether (sulfide) groups is 2. The van der Waals surface area contributed by atoms with Gasteiger partial charge in [-0.05, 0) is 36.5 Å². The molecule has 1 spiro atoms. The van der Waals surface area contributed by atoms with E-state index in [0.717, 1.165) is 22.8 Å². The molecule has 2 aliphatic heterocycles. The van der Waals surface area contributed by atoms with Crippen molar-refractivity contribution >= 4 is 41.4 Å². The van der Waals surface area contributed by atoms with Crippen molar-refractivity contribution in [3.63, 3.8) is 0 Å². The van der Waals surface area contributed by atoms with Crippen LogP contribution >= 0.6 is 23.5 Å². The van der Waals surface area contributed by atoms with Gasteiger partial charge in [0.05, 0.1) is 0 Å². The molecular weight excluding hydrogens is 358 g/mol. The molecule has 8 heteroatoms. The van der Waals surface area contributed by atoms with Gasteiger partial charge in [-0.25, -0.2) is 4.79 Å². The van der Waals surface area contributed by atoms with Gasteiger partial charge in [0.1, 0.15) is 12.1 Å². The molecule has 0 unspecified atom stereocenters. The van der Waals surface area contributed by atoms with Crippen molar-refractivity contribution < 1.29 is 14.4 Å². The smallest absolute Gasteiger partial charge is 0.325 e. The zero-order valence-corrected chi connectivity index (χ0v) is 15.5. The first-order valence-corrected chi connectivity index (χ1v) is 10.4. The van der Waals surface area contributed by atoms with Crippen LogP contribution < -0.4 is 10.6 Å². The van der Waals surface area contributed by atoms with Gasteiger partial charge in [0, 0.05) is 17.2 Å². The third kappa shape index (κ3) is 4.30. The lowest BCUT2D eigenvalue weighted by molar-refractivity contribution is -0.134. The molecule has 134 valence electrons. The molecule has 1 aromatic rings. The van der Waals surface area contributed by atoms with E-state index in [1.807, 2.05) is 18.2 Å². The summed E-state index contributed by atoms with van der Waals surface area (Å²) in [6.45, 7) is 0.326. The van der Waals surface area contributed by atoms with E-state index in [1.54, 1.807) is 23.5 Å². The fourth-order valence-corrected chi connectivity index (χ4v) is 5.06. The van der Waals surface area contributed by atoms with Crippen LogP contribution in [0.4, 0.5) is 4.79 Å². The predicted octanol–water partition coefficient (Wildman–Crippen LogP) is 1.71. The normalized spacial score (nSPS) is 22.5. The van der Waals surface area contributed by atoms with Crippen LogP contribution in [0.2, 0.25) is 0 Å². The maximum atomic E-state index is 12.5. The summed E-state index contributed by atoms with van der Waals surface area (Å²) in [4.78, 5) is 38.7. The predicted molar refractivity (Wildman–Crippen MR) is 99.7 cm³/mol. The van der Waals surface area contributed by atoms with E-state index in [2.05, 4.69) is 22.8 Å². The van der Waals surface area contributed by atoms with E-state index in [0.29, 0.717) is 18.7 Å². The van der Waals surface area contributed by atoms with E-state index in [9.17, 15) is 14.4 Å². The van der Waals surface area contributed by atoms with E-state index in [4.69, 9.17) is 0 Å². The van der Waals surface area contributed by atoms with Crippen LogP contribution in [0.25, 0.3) is 0 Å². The number of nitrogens with zero attached hydrogens (tertiary/aromatic N) is 1. The van der Waals surface area contributed by atoms with Crippen LogP contribution in [0, 0.1) is 0 Å². The molecule has 2 heterocycles. The second-order valence-electron chi connectivity index (χ2n) is 6.07. The fourth-order valence-electron chi connectivity index (χ4n) is 2.86. The lowest BCUT2D eigenvalue weighted by Crippen LogP contribution is -2.47. The van der Waals surface area contributed by atoms with Crippen molar-refractivity contribution in [2.45, 2.75) is 23.3 Å². The highest BCUT2D eigenvalue weighted by Gasteiger charge is 2.53. The number of carbonyl (C=O) groups is 3. The topological polar surface area (TPSA) is 78.5 Å². The second-order valence-corrected chi connectivity index (χ2v) is 8.34. The average molecular weight is 380 g/mol. The summed E-state index contributed by atoms with van der Waals surface area (Å²) >= 11 is 3.39. The van der Waals surface area contributed by atoms with Gasteiger partial charge < -0.3 is 10.6 Å². The molecule has 6 nitrogen and oxygen atoms in total. The first kappa shape index (κ1) is 18.1. The summed E-state index contributed by atoms with van der Waals surface area (Å²) in [6.07, 6.45) is 1.46. The highest BCUT2D eigenvalue weighted by Crippen LogP contribution is 2.33. The number of benzene rings is 1. The van der Waals surface area contributed by atoms with Crippen LogP contribution in [0.5, 0.6) is 0 Å². The molecule has 1 atom stereocenters. The van der Waals surface area contributed by atoms with Crippen molar-refractivity contribution in [3.05, 3.63) is 30.3 Å². The van der Waals surface area contributed by atoms with Crippen molar-refractivity contribution in [1.29, 1.82) is 0 Å². The quantitative estimate of drug-likeness (QED) is 0.428. The maximum Gasteiger partial charge on any atom is 0.325 e. The van der Waals surface area contributed by atoms with Crippen LogP contribution in [-0.4, -0.2) is 58.6 Å². The molecule has 2 N–H and O–H groups in total. The summed E-state index contributed by atoms with van der Waals surface area (Å²) in [7, 11) is 0. The van der Waals surface area contributed by atoms with Gasteiger partial charge in [-0.3, -0.25) is 14.5 Å². The number of carbonyl (C=O) groups excluding carboxylic acids is 3. The van der Waals surface area contributed by atoms with Crippen molar-refractivity contribution in [3.8, 4) is 0 Å². The highest BCUT2D eigenvalue weighted by atomic mass is 32.2. The number of hydrogen-bond donors (Lipinski definition) is 2. The SMILES string of the molecule is O=C(CN1C(=O)N[C@@]2(CCSC2)C1=O)NCCCSc1ccccc1. The molecule has 4 amide bonds. The molecule has 0 aliphatic carbocycles. The van der Waals surface area contributed by atoms with Gasteiger partial charge in [-0.1, -0.05) is 18.2 Å². The van der Waals surface area contributed by atoms with E-state index in [1.165, 1.54) is 4.90 Å². The summed E-state index contributed by atoms with van der Waals surface area (Å²) < 4.78 is 0. The number of hydrogen-bond acceptors (Lipinski definition) is 5. The summed E-state index contributed by atoms with van der Waals surface area (Å²) in [5.74, 6) is 1.78. The van der Waals surface area contributed by atoms with Gasteiger partial charge in [0.15, 0.2) is 0 Å². The lowest BCUT2D eigenvalue weighted by Gasteiger charge is -2.19. The lowest BCUT2D eigenvalue weighted by atomic mass is 9.99. The molecule has 2 fully saturated rings. The Bertz CT molecular complexity index is 648. The van der Waals surface area contributed by atoms with Gasteiger partial charge in [0.2, 0.25) is 5.91 Å². The molecule has 25 heavy (non-hydrogen) atoms. The van der Waals surface area contributed by atoms with Crippen LogP contribution in [-0.2, 0) is 9.59 Å². The number of rotatable bonds is 7. The standard InChI is InChI=1S/C17H21N3O3S2/c21-14(18-8-4-9-25-13-5-2-1-3-6-13)11-20-15(22)17(19-16(20)23)7-10-24-12-17/h1-3,5-6H,4,7-12H2,(H,18,21)(H,19,23)/t17-/m1/s1. The minimum Gasteiger partial charge on any atom is -0.355 e. The minimum atomic E-state index is -0.783. The molecule has 2 aliphatic rings. The summed E-state index contributed by atoms with van der Waals surface area (Å²) in [5.41, 5.74) is -0.783. The summed E-state index contributed by atoms with van der Waals surface area (Å²) in [5, 5.41) is 5.55. The molecule has 3 rings (SSSR count). The monoisotopic (exact) mass is 379 g/mol. The average Bonchev–Trinajstić information content (AvgIpc) is 3.17. The largest absolute Gasteiger partial charge is 0.355 e. The zero-order valence-electron chi connectivity index (χ0n) is 13.8. The van der Waals surface area contributed by atoms with Gasteiger partial charge in [-0.15, -0.1) is 11.8 Å². The number of amides is 4. The van der Waals surface area contributed by atoms with Crippen LogP contribution in [0.15, 0.2) is 35.2 Å². The van der Waals surface area contributed by atoms with E-state index < -0.39 is 11.6 Å².